The standard InChI is InChI=1S/C12H17NO6S/c1-8(7-19-2)6-13-20(17,18)9-3-4-11(14)10(5-9)12(15)16/h3-5,8,13-14H,6-7H2,1-2H3,(H,15,16). The number of sulfonamides is 1. The highest BCUT2D eigenvalue weighted by Gasteiger charge is 2.19. The number of hydrogen-bond donors (Lipinski definition) is 3. The maximum absolute atomic E-state index is 12.0. The Hall–Kier alpha value is -1.64. The largest absolute Gasteiger partial charge is 0.507 e. The number of rotatable bonds is 7. The van der Waals surface area contributed by atoms with Gasteiger partial charge >= 0.3 is 5.97 Å². The van der Waals surface area contributed by atoms with Gasteiger partial charge < -0.3 is 14.9 Å². The lowest BCUT2D eigenvalue weighted by Crippen LogP contribution is -2.30. The van der Waals surface area contributed by atoms with E-state index in [-0.39, 0.29) is 17.4 Å². The van der Waals surface area contributed by atoms with Crippen molar-refractivity contribution >= 4 is 16.0 Å². The van der Waals surface area contributed by atoms with E-state index in [4.69, 9.17) is 9.84 Å². The average Bonchev–Trinajstić information content (AvgIpc) is 2.37. The zero-order chi connectivity index (χ0) is 15.3. The number of carboxylic acid groups (broad SMARTS) is 1. The molecule has 1 aromatic carbocycles. The maximum atomic E-state index is 12.0. The zero-order valence-electron chi connectivity index (χ0n) is 11.2. The lowest BCUT2D eigenvalue weighted by molar-refractivity contribution is 0.0693. The molecule has 0 amide bonds. The Labute approximate surface area is 117 Å². The van der Waals surface area contributed by atoms with Crippen LogP contribution in [0.4, 0.5) is 0 Å². The Morgan fingerprint density at radius 1 is 1.45 bits per heavy atom. The quantitative estimate of drug-likeness (QED) is 0.681. The molecule has 0 aliphatic rings. The van der Waals surface area contributed by atoms with Gasteiger partial charge in [-0.15, -0.1) is 0 Å². The molecule has 1 rings (SSSR count). The number of hydrogen-bond acceptors (Lipinski definition) is 5. The predicted octanol–water partition coefficient (Wildman–Crippen LogP) is 0.651. The molecular weight excluding hydrogens is 286 g/mol. The molecule has 0 heterocycles. The first kappa shape index (κ1) is 16.4. The number of nitrogens with one attached hydrogen (secondary N) is 1. The number of carboxylic acids is 1. The van der Waals surface area contributed by atoms with E-state index in [1.807, 2.05) is 6.92 Å². The van der Waals surface area contributed by atoms with Crippen LogP contribution in [0.25, 0.3) is 0 Å². The van der Waals surface area contributed by atoms with E-state index in [0.717, 1.165) is 18.2 Å². The van der Waals surface area contributed by atoms with E-state index in [1.165, 1.54) is 7.11 Å². The average molecular weight is 303 g/mol. The molecule has 7 nitrogen and oxygen atoms in total. The SMILES string of the molecule is COCC(C)CNS(=O)(=O)c1ccc(O)c(C(=O)O)c1. The van der Waals surface area contributed by atoms with Crippen LogP contribution in [-0.2, 0) is 14.8 Å². The van der Waals surface area contributed by atoms with Crippen molar-refractivity contribution in [3.05, 3.63) is 23.8 Å². The van der Waals surface area contributed by atoms with Gasteiger partial charge in [0.15, 0.2) is 0 Å². The third-order valence-electron chi connectivity index (χ3n) is 2.58. The van der Waals surface area contributed by atoms with E-state index in [2.05, 4.69) is 4.72 Å². The summed E-state index contributed by atoms with van der Waals surface area (Å²) in [5, 5.41) is 18.2. The summed E-state index contributed by atoms with van der Waals surface area (Å²) in [6.45, 7) is 2.38. The van der Waals surface area contributed by atoms with E-state index >= 15 is 0 Å². The summed E-state index contributed by atoms with van der Waals surface area (Å²) >= 11 is 0. The number of carbonyl (C=O) groups is 1. The van der Waals surface area contributed by atoms with Crippen molar-refractivity contribution in [3.63, 3.8) is 0 Å². The predicted molar refractivity (Wildman–Crippen MR) is 71.3 cm³/mol. The molecule has 8 heteroatoms. The fourth-order valence-electron chi connectivity index (χ4n) is 1.53. The third kappa shape index (κ3) is 4.19. The summed E-state index contributed by atoms with van der Waals surface area (Å²) in [5.74, 6) is -1.90. The molecule has 0 radical (unpaired) electrons. The molecule has 20 heavy (non-hydrogen) atoms. The highest BCUT2D eigenvalue weighted by atomic mass is 32.2. The summed E-state index contributed by atoms with van der Waals surface area (Å²) in [4.78, 5) is 10.6. The summed E-state index contributed by atoms with van der Waals surface area (Å²) in [6, 6.07) is 3.10. The highest BCUT2D eigenvalue weighted by Crippen LogP contribution is 2.21. The molecule has 0 spiro atoms. The van der Waals surface area contributed by atoms with Crippen LogP contribution in [0.1, 0.15) is 17.3 Å². The van der Waals surface area contributed by atoms with Crippen molar-refractivity contribution in [2.45, 2.75) is 11.8 Å². The molecule has 0 aliphatic heterocycles. The van der Waals surface area contributed by atoms with Gasteiger partial charge in [0.1, 0.15) is 11.3 Å². The Bertz CT molecular complexity index is 584. The number of benzene rings is 1. The lowest BCUT2D eigenvalue weighted by Gasteiger charge is -2.12. The van der Waals surface area contributed by atoms with Gasteiger partial charge in [0.05, 0.1) is 4.90 Å². The summed E-state index contributed by atoms with van der Waals surface area (Å²) in [7, 11) is -2.31. The van der Waals surface area contributed by atoms with Gasteiger partial charge in [-0.05, 0) is 24.1 Å². The molecule has 0 saturated heterocycles. The molecule has 3 N–H and O–H groups in total. The van der Waals surface area contributed by atoms with E-state index < -0.39 is 27.3 Å². The van der Waals surface area contributed by atoms with Crippen LogP contribution in [0.2, 0.25) is 0 Å². The van der Waals surface area contributed by atoms with Gasteiger partial charge in [0, 0.05) is 20.3 Å². The molecule has 0 aliphatic carbocycles. The topological polar surface area (TPSA) is 113 Å². The first-order valence-electron chi connectivity index (χ1n) is 5.83. The second kappa shape index (κ2) is 6.69. The van der Waals surface area contributed by atoms with Gasteiger partial charge in [0.2, 0.25) is 10.0 Å². The zero-order valence-corrected chi connectivity index (χ0v) is 12.0. The number of methoxy groups -OCH3 is 1. The fraction of sp³-hybridized carbons (Fsp3) is 0.417. The number of aromatic carboxylic acids is 1. The van der Waals surface area contributed by atoms with E-state index in [0.29, 0.717) is 6.61 Å². The third-order valence-corrected chi connectivity index (χ3v) is 4.00. The van der Waals surface area contributed by atoms with Gasteiger partial charge in [0.25, 0.3) is 0 Å². The first-order chi connectivity index (χ1) is 9.27. The van der Waals surface area contributed by atoms with Gasteiger partial charge in [-0.3, -0.25) is 0 Å². The van der Waals surface area contributed by atoms with Crippen molar-refractivity contribution in [2.24, 2.45) is 5.92 Å². The van der Waals surface area contributed by atoms with Crippen LogP contribution < -0.4 is 4.72 Å². The Morgan fingerprint density at radius 2 is 2.10 bits per heavy atom. The van der Waals surface area contributed by atoms with Crippen LogP contribution in [0.5, 0.6) is 5.75 Å². The summed E-state index contributed by atoms with van der Waals surface area (Å²) < 4.78 is 31.3. The highest BCUT2D eigenvalue weighted by molar-refractivity contribution is 7.89. The molecule has 1 atom stereocenters. The minimum Gasteiger partial charge on any atom is -0.507 e. The fourth-order valence-corrected chi connectivity index (χ4v) is 2.72. The molecule has 0 saturated carbocycles. The van der Waals surface area contributed by atoms with Gasteiger partial charge in [-0.25, -0.2) is 17.9 Å². The van der Waals surface area contributed by atoms with Crippen molar-refractivity contribution < 1.29 is 28.2 Å². The van der Waals surface area contributed by atoms with Crippen molar-refractivity contribution in [1.82, 2.24) is 4.72 Å². The summed E-state index contributed by atoms with van der Waals surface area (Å²) in [6.07, 6.45) is 0. The van der Waals surface area contributed by atoms with E-state index in [9.17, 15) is 18.3 Å². The van der Waals surface area contributed by atoms with Gasteiger partial charge in [-0.2, -0.15) is 0 Å². The number of ether oxygens (including phenoxy) is 1. The second-order valence-electron chi connectivity index (χ2n) is 4.40. The maximum Gasteiger partial charge on any atom is 0.339 e. The first-order valence-corrected chi connectivity index (χ1v) is 7.31. The molecule has 1 unspecified atom stereocenters. The number of phenols is 1. The lowest BCUT2D eigenvalue weighted by atomic mass is 10.2. The molecule has 0 bridgehead atoms. The van der Waals surface area contributed by atoms with Gasteiger partial charge in [-0.1, -0.05) is 6.92 Å². The summed E-state index contributed by atoms with van der Waals surface area (Å²) in [5.41, 5.74) is -0.460. The minimum absolute atomic E-state index is 0.0224. The van der Waals surface area contributed by atoms with Crippen LogP contribution in [-0.4, -0.2) is 44.9 Å². The molecule has 1 aromatic rings. The van der Waals surface area contributed by atoms with Crippen molar-refractivity contribution in [3.8, 4) is 5.75 Å². The van der Waals surface area contributed by atoms with Crippen molar-refractivity contribution in [2.75, 3.05) is 20.3 Å². The Kier molecular flexibility index (Phi) is 5.49. The van der Waals surface area contributed by atoms with E-state index in [1.54, 1.807) is 0 Å². The Morgan fingerprint density at radius 3 is 2.65 bits per heavy atom. The van der Waals surface area contributed by atoms with Crippen LogP contribution in [0, 0.1) is 5.92 Å². The second-order valence-corrected chi connectivity index (χ2v) is 6.16. The Balaban J connectivity index is 2.93. The molecule has 112 valence electrons. The smallest absolute Gasteiger partial charge is 0.339 e. The van der Waals surface area contributed by atoms with Crippen LogP contribution in [0.15, 0.2) is 23.1 Å². The molecule has 0 aromatic heterocycles. The minimum atomic E-state index is -3.83. The van der Waals surface area contributed by atoms with Crippen LogP contribution >= 0.6 is 0 Å². The van der Waals surface area contributed by atoms with Crippen LogP contribution in [0.3, 0.4) is 0 Å². The van der Waals surface area contributed by atoms with Crippen molar-refractivity contribution in [1.29, 1.82) is 0 Å². The molecule has 0 fully saturated rings. The normalized spacial score (nSPS) is 13.1. The molecular formula is C12H17NO6S. The monoisotopic (exact) mass is 303 g/mol. The number of aromatic hydroxyl groups is 1.